The molecule has 1 aromatic carbocycles. The lowest BCUT2D eigenvalue weighted by Crippen LogP contribution is -2.54. The molecule has 0 aliphatic carbocycles. The Bertz CT molecular complexity index is 872. The second kappa shape index (κ2) is 6.81. The van der Waals surface area contributed by atoms with Crippen molar-refractivity contribution in [3.8, 4) is 0 Å². The lowest BCUT2D eigenvalue weighted by atomic mass is 10.0. The minimum absolute atomic E-state index is 0.0225. The van der Waals surface area contributed by atoms with E-state index in [0.29, 0.717) is 5.13 Å². The summed E-state index contributed by atoms with van der Waals surface area (Å²) in [7, 11) is -3.69. The molecule has 9 heteroatoms. The Morgan fingerprint density at radius 3 is 2.52 bits per heavy atom. The maximum absolute atomic E-state index is 12.9. The molecule has 0 bridgehead atoms. The van der Waals surface area contributed by atoms with Crippen molar-refractivity contribution >= 4 is 32.4 Å². The summed E-state index contributed by atoms with van der Waals surface area (Å²) < 4.78 is 38.9. The molecule has 0 unspecified atom stereocenters. The topological polar surface area (TPSA) is 79.4 Å². The summed E-state index contributed by atoms with van der Waals surface area (Å²) in [6.45, 7) is 4.25. The molecular weight excluding hydrogens is 365 g/mol. The molecule has 1 saturated heterocycles. The molecule has 1 aliphatic heterocycles. The Morgan fingerprint density at radius 2 is 1.96 bits per heavy atom. The number of hydrogen-bond acceptors (Lipinski definition) is 5. The van der Waals surface area contributed by atoms with Crippen LogP contribution in [0.1, 0.15) is 25.5 Å². The van der Waals surface area contributed by atoms with Crippen molar-refractivity contribution in [2.75, 3.05) is 18.4 Å². The highest BCUT2D eigenvalue weighted by atomic mass is 32.2. The molecule has 1 aliphatic rings. The molecule has 2 heterocycles. The zero-order valence-electron chi connectivity index (χ0n) is 13.8. The number of anilines is 1. The monoisotopic (exact) mass is 383 g/mol. The molecule has 0 saturated carbocycles. The van der Waals surface area contributed by atoms with Crippen LogP contribution in [0.3, 0.4) is 0 Å². The largest absolute Gasteiger partial charge is 0.302 e. The van der Waals surface area contributed by atoms with Crippen LogP contribution in [0.5, 0.6) is 0 Å². The third-order valence-electron chi connectivity index (χ3n) is 4.01. The third kappa shape index (κ3) is 3.73. The van der Waals surface area contributed by atoms with E-state index in [1.807, 2.05) is 19.2 Å². The Hall–Kier alpha value is -1.84. The first-order valence-electron chi connectivity index (χ1n) is 7.79. The summed E-state index contributed by atoms with van der Waals surface area (Å²) in [5.41, 5.74) is 0.912. The SMILES string of the molecule is CC(C)c1csc(NC(=O)C2CN(S(=O)(=O)c3ccc(F)cc3)C2)n1. The third-order valence-corrected chi connectivity index (χ3v) is 6.64. The number of hydrogen-bond donors (Lipinski definition) is 1. The van der Waals surface area contributed by atoms with Gasteiger partial charge in [-0.15, -0.1) is 11.3 Å². The first-order valence-corrected chi connectivity index (χ1v) is 10.1. The minimum atomic E-state index is -3.69. The number of nitrogens with zero attached hydrogens (tertiary/aromatic N) is 2. The van der Waals surface area contributed by atoms with Crippen LogP contribution in [0.2, 0.25) is 0 Å². The number of carbonyl (C=O) groups excluding carboxylic acids is 1. The molecule has 1 N–H and O–H groups in total. The average Bonchev–Trinajstić information content (AvgIpc) is 2.94. The molecule has 0 radical (unpaired) electrons. The van der Waals surface area contributed by atoms with Crippen LogP contribution in [0.4, 0.5) is 9.52 Å². The summed E-state index contributed by atoms with van der Waals surface area (Å²) >= 11 is 1.35. The van der Waals surface area contributed by atoms with Crippen molar-refractivity contribution < 1.29 is 17.6 Å². The van der Waals surface area contributed by atoms with Gasteiger partial charge in [0.1, 0.15) is 5.82 Å². The number of amides is 1. The second-order valence-electron chi connectivity index (χ2n) is 6.19. The number of sulfonamides is 1. The van der Waals surface area contributed by atoms with Gasteiger partial charge in [-0.2, -0.15) is 4.31 Å². The van der Waals surface area contributed by atoms with Crippen LogP contribution in [-0.4, -0.2) is 36.7 Å². The molecule has 1 amide bonds. The van der Waals surface area contributed by atoms with Crippen LogP contribution < -0.4 is 5.32 Å². The van der Waals surface area contributed by atoms with E-state index < -0.39 is 21.8 Å². The average molecular weight is 383 g/mol. The van der Waals surface area contributed by atoms with Crippen molar-refractivity contribution in [1.82, 2.24) is 9.29 Å². The van der Waals surface area contributed by atoms with Crippen molar-refractivity contribution in [3.05, 3.63) is 41.2 Å². The van der Waals surface area contributed by atoms with E-state index in [4.69, 9.17) is 0 Å². The zero-order valence-corrected chi connectivity index (χ0v) is 15.4. The van der Waals surface area contributed by atoms with Gasteiger partial charge in [0.05, 0.1) is 16.5 Å². The fourth-order valence-corrected chi connectivity index (χ4v) is 4.78. The quantitative estimate of drug-likeness (QED) is 0.861. The highest BCUT2D eigenvalue weighted by molar-refractivity contribution is 7.89. The molecule has 1 aromatic heterocycles. The van der Waals surface area contributed by atoms with E-state index in [-0.39, 0.29) is 29.8 Å². The van der Waals surface area contributed by atoms with E-state index >= 15 is 0 Å². The summed E-state index contributed by atoms with van der Waals surface area (Å²) in [5.74, 6) is -0.872. The first-order chi connectivity index (χ1) is 11.8. The minimum Gasteiger partial charge on any atom is -0.302 e. The van der Waals surface area contributed by atoms with Gasteiger partial charge in [0, 0.05) is 18.5 Å². The van der Waals surface area contributed by atoms with E-state index in [1.165, 1.54) is 27.8 Å². The predicted octanol–water partition coefficient (Wildman–Crippen LogP) is 2.66. The second-order valence-corrected chi connectivity index (χ2v) is 8.99. The number of aromatic nitrogens is 1. The Labute approximate surface area is 149 Å². The Morgan fingerprint density at radius 1 is 1.32 bits per heavy atom. The van der Waals surface area contributed by atoms with E-state index in [2.05, 4.69) is 10.3 Å². The van der Waals surface area contributed by atoms with Gasteiger partial charge in [-0.3, -0.25) is 4.79 Å². The van der Waals surface area contributed by atoms with Gasteiger partial charge < -0.3 is 5.32 Å². The summed E-state index contributed by atoms with van der Waals surface area (Å²) in [5, 5.41) is 5.15. The van der Waals surface area contributed by atoms with Gasteiger partial charge in [0.15, 0.2) is 5.13 Å². The van der Waals surface area contributed by atoms with Crippen LogP contribution in [0.15, 0.2) is 34.5 Å². The summed E-state index contributed by atoms with van der Waals surface area (Å²) in [4.78, 5) is 16.6. The maximum Gasteiger partial charge on any atom is 0.243 e. The summed E-state index contributed by atoms with van der Waals surface area (Å²) in [6, 6.07) is 4.65. The first kappa shape index (κ1) is 18.0. The van der Waals surface area contributed by atoms with Gasteiger partial charge in [0.2, 0.25) is 15.9 Å². The lowest BCUT2D eigenvalue weighted by Gasteiger charge is -2.36. The predicted molar refractivity (Wildman–Crippen MR) is 93.5 cm³/mol. The van der Waals surface area contributed by atoms with Crippen molar-refractivity contribution in [2.24, 2.45) is 5.92 Å². The molecule has 2 aromatic rings. The van der Waals surface area contributed by atoms with Crippen molar-refractivity contribution in [3.63, 3.8) is 0 Å². The fraction of sp³-hybridized carbons (Fsp3) is 0.375. The van der Waals surface area contributed by atoms with Crippen molar-refractivity contribution in [1.29, 1.82) is 0 Å². The number of benzene rings is 1. The number of rotatable bonds is 5. The molecular formula is C16H18FN3O3S2. The van der Waals surface area contributed by atoms with Crippen LogP contribution >= 0.6 is 11.3 Å². The molecule has 3 rings (SSSR count). The van der Waals surface area contributed by atoms with Gasteiger partial charge in [-0.05, 0) is 30.2 Å². The molecule has 25 heavy (non-hydrogen) atoms. The molecule has 0 atom stereocenters. The van der Waals surface area contributed by atoms with E-state index in [0.717, 1.165) is 17.8 Å². The zero-order chi connectivity index (χ0) is 18.2. The molecule has 6 nitrogen and oxygen atoms in total. The van der Waals surface area contributed by atoms with Gasteiger partial charge in [-0.25, -0.2) is 17.8 Å². The van der Waals surface area contributed by atoms with E-state index in [1.54, 1.807) is 0 Å². The Kier molecular flexibility index (Phi) is 4.90. The van der Waals surface area contributed by atoms with Crippen LogP contribution in [0, 0.1) is 11.7 Å². The smallest absolute Gasteiger partial charge is 0.243 e. The highest BCUT2D eigenvalue weighted by Crippen LogP contribution is 2.27. The summed E-state index contributed by atoms with van der Waals surface area (Å²) in [6.07, 6.45) is 0. The molecule has 134 valence electrons. The maximum atomic E-state index is 12.9. The van der Waals surface area contributed by atoms with Gasteiger partial charge in [0.25, 0.3) is 0 Å². The lowest BCUT2D eigenvalue weighted by molar-refractivity contribution is -0.122. The number of halogens is 1. The van der Waals surface area contributed by atoms with Gasteiger partial charge in [-0.1, -0.05) is 13.8 Å². The highest BCUT2D eigenvalue weighted by Gasteiger charge is 2.40. The number of thiazole rings is 1. The normalized spacial score (nSPS) is 16.0. The van der Waals surface area contributed by atoms with Gasteiger partial charge >= 0.3 is 0 Å². The fourth-order valence-electron chi connectivity index (χ4n) is 2.37. The Balaban J connectivity index is 1.59. The van der Waals surface area contributed by atoms with Crippen LogP contribution in [0.25, 0.3) is 0 Å². The molecule has 1 fully saturated rings. The van der Waals surface area contributed by atoms with Crippen molar-refractivity contribution in [2.45, 2.75) is 24.7 Å². The van der Waals surface area contributed by atoms with Crippen LogP contribution in [-0.2, 0) is 14.8 Å². The standard InChI is InChI=1S/C16H18FN3O3S2/c1-10(2)14-9-24-16(18-14)19-15(21)11-7-20(8-11)25(22,23)13-5-3-12(17)4-6-13/h3-6,9-11H,7-8H2,1-2H3,(H,18,19,21). The van der Waals surface area contributed by atoms with E-state index in [9.17, 15) is 17.6 Å². The number of nitrogens with one attached hydrogen (secondary N) is 1. The number of carbonyl (C=O) groups is 1. The molecule has 0 spiro atoms.